The smallest absolute Gasteiger partial charge is 0.307 e. The first-order valence-corrected chi connectivity index (χ1v) is 6.49. The number of nitrogens with zero attached hydrogens (tertiary/aromatic N) is 1. The summed E-state index contributed by atoms with van der Waals surface area (Å²) in [5.74, 6) is -3.37. The molecular formula is C21H23NO3. The van der Waals surface area contributed by atoms with Crippen LogP contribution in [0.25, 0.3) is 7.00 Å². The van der Waals surface area contributed by atoms with Crippen molar-refractivity contribution in [2.75, 3.05) is 20.4 Å². The summed E-state index contributed by atoms with van der Waals surface area (Å²) in [6.07, 6.45) is -7.88. The van der Waals surface area contributed by atoms with Crippen LogP contribution in [0.2, 0.25) is 0 Å². The van der Waals surface area contributed by atoms with Crippen LogP contribution in [0.1, 0.15) is 58.8 Å². The highest BCUT2D eigenvalue weighted by molar-refractivity contribution is 5.85. The molecule has 130 valence electrons. The van der Waals surface area contributed by atoms with Gasteiger partial charge < -0.3 is 14.7 Å². The highest BCUT2D eigenvalue weighted by Gasteiger charge is 2.19. The Morgan fingerprint density at radius 2 is 2.36 bits per heavy atom. The highest BCUT2D eigenvalue weighted by Crippen LogP contribution is 2.37. The lowest BCUT2D eigenvalue weighted by molar-refractivity contribution is -0.136. The third-order valence-corrected chi connectivity index (χ3v) is 2.80. The zero-order chi connectivity index (χ0) is 37.7. The number of carboxylic acids is 1. The van der Waals surface area contributed by atoms with E-state index in [0.717, 1.165) is 0 Å². The summed E-state index contributed by atoms with van der Waals surface area (Å²) >= 11 is 0. The molecule has 4 heteroatoms. The molecule has 0 amide bonds. The molecular weight excluding hydrogens is 314 g/mol. The van der Waals surface area contributed by atoms with Gasteiger partial charge in [0.15, 0.2) is 0 Å². The summed E-state index contributed by atoms with van der Waals surface area (Å²) in [5, 5.41) is 3.65. The molecule has 1 aliphatic heterocycles. The Balaban J connectivity index is 2.82. The molecule has 0 radical (unpaired) electrons. The first-order chi connectivity index (χ1) is 21.3. The number of fused-ring (bicyclic) bond motifs is 2. The van der Waals surface area contributed by atoms with Gasteiger partial charge >= 0.3 is 5.97 Å². The normalized spacial score (nSPS) is 32.9. The molecule has 0 saturated carbocycles. The molecule has 25 heavy (non-hydrogen) atoms. The van der Waals surface area contributed by atoms with Gasteiger partial charge in [-0.1, -0.05) is 36.3 Å². The van der Waals surface area contributed by atoms with Gasteiger partial charge in [-0.2, -0.15) is 0 Å². The molecule has 0 saturated heterocycles. The maximum Gasteiger partial charge on any atom is 0.307 e. The molecule has 1 N–H and O–H groups in total. The Labute approximate surface area is 180 Å². The van der Waals surface area contributed by atoms with Crippen LogP contribution in [-0.4, -0.2) is 36.4 Å². The van der Waals surface area contributed by atoms with Crippen molar-refractivity contribution in [3.05, 3.63) is 70.6 Å². The lowest BCUT2D eigenvalue weighted by atomic mass is 9.92. The van der Waals surface area contributed by atoms with Gasteiger partial charge in [-0.15, -0.1) is 0 Å². The van der Waals surface area contributed by atoms with Crippen molar-refractivity contribution < 1.29 is 44.8 Å². The number of benzene rings is 2. The maximum atomic E-state index is 12.3. The Bertz CT molecular complexity index is 1710. The van der Waals surface area contributed by atoms with Crippen molar-refractivity contribution >= 4 is 11.5 Å². The van der Waals surface area contributed by atoms with Crippen LogP contribution in [0.5, 0.6) is 5.75 Å². The largest absolute Gasteiger partial charge is 0.488 e. The first-order valence-electron chi connectivity index (χ1n) is 17.9. The Hall–Kier alpha value is -2.59. The van der Waals surface area contributed by atoms with Gasteiger partial charge in [0.05, 0.1) is 20.1 Å². The summed E-state index contributed by atoms with van der Waals surface area (Å²) in [6.45, 7) is -15.7. The van der Waals surface area contributed by atoms with Gasteiger partial charge in [0.2, 0.25) is 0 Å². The number of ether oxygens (including phenoxy) is 1. The van der Waals surface area contributed by atoms with Gasteiger partial charge in [-0.3, -0.25) is 4.79 Å². The molecule has 0 aliphatic carbocycles. The number of carboxylic acid groups (broad SMARTS) is 1. The van der Waals surface area contributed by atoms with Crippen molar-refractivity contribution in [3.63, 3.8) is 0 Å². The summed E-state index contributed by atoms with van der Waals surface area (Å²) in [4.78, 5) is 11.4. The lowest BCUT2D eigenvalue weighted by Crippen LogP contribution is -2.12. The van der Waals surface area contributed by atoms with Crippen LogP contribution in [0, 0.1) is 0 Å². The standard InChI is InChI=1S/C21H23NO3/c1-22(2)11-5-8-18-17-7-4-3-6-16(17)14-25-20-10-9-15(12-19(18)20)13-21(23)24/h3-4,6-10,12H,5,11,13-14H2,1-2H3,(H,23,24)/b18-8-/i1D3,2D3,3D,4D,5D2,6D,7D,8D,9D,10D,11D2,12D,13D2,14D2/hD. The number of carbonyl (C=O) groups is 1. The Morgan fingerprint density at radius 3 is 3.20 bits per heavy atom. The average molecular weight is 361 g/mol. The predicted molar refractivity (Wildman–Crippen MR) is 98.8 cm³/mol. The Morgan fingerprint density at radius 1 is 1.48 bits per heavy atom. The molecule has 0 unspecified atom stereocenters. The van der Waals surface area contributed by atoms with E-state index in [2.05, 4.69) is 5.11 Å². The summed E-state index contributed by atoms with van der Waals surface area (Å²) in [6, 6.07) is -11.0. The molecule has 1 heterocycles. The van der Waals surface area contributed by atoms with Crippen LogP contribution in [0.15, 0.2) is 48.3 Å². The van der Waals surface area contributed by atoms with E-state index in [9.17, 15) is 4.79 Å². The quantitative estimate of drug-likeness (QED) is 0.885. The molecule has 3 rings (SSSR count). The summed E-state index contributed by atoms with van der Waals surface area (Å²) in [7, 11) is 0. The molecule has 0 atom stereocenters. The minimum Gasteiger partial charge on any atom is -0.488 e. The van der Waals surface area contributed by atoms with E-state index in [0.29, 0.717) is 0 Å². The van der Waals surface area contributed by atoms with Gasteiger partial charge in [0.1, 0.15) is 12.3 Å². The topological polar surface area (TPSA) is 49.8 Å². The van der Waals surface area contributed by atoms with Crippen LogP contribution < -0.4 is 4.74 Å². The van der Waals surface area contributed by atoms with E-state index in [1.807, 2.05) is 0 Å². The number of aliphatic carboxylic acids is 1. The third kappa shape index (κ3) is 4.09. The second-order valence-electron chi connectivity index (χ2n) is 4.39. The predicted octanol–water partition coefficient (Wildman–Crippen LogP) is 3.59. The van der Waals surface area contributed by atoms with Crippen LogP contribution in [-0.2, 0) is 17.7 Å². The van der Waals surface area contributed by atoms with E-state index in [4.69, 9.17) is 36.3 Å². The van der Waals surface area contributed by atoms with Gasteiger partial charge in [-0.05, 0) is 54.7 Å². The molecule has 0 bridgehead atoms. The van der Waals surface area contributed by atoms with Crippen LogP contribution in [0.3, 0.4) is 0 Å². The number of rotatable bonds is 5. The fraction of sp³-hybridized carbons (Fsp3) is 0.286. The van der Waals surface area contributed by atoms with Gasteiger partial charge in [0.25, 0.3) is 1.43 Å². The summed E-state index contributed by atoms with van der Waals surface area (Å²) in [5.41, 5.74) is -6.63. The third-order valence-electron chi connectivity index (χ3n) is 2.80. The van der Waals surface area contributed by atoms with Crippen molar-refractivity contribution in [1.29, 1.82) is 1.43 Å². The van der Waals surface area contributed by atoms with Crippen molar-refractivity contribution in [1.82, 2.24) is 4.90 Å². The molecule has 0 aromatic heterocycles. The van der Waals surface area contributed by atoms with Crippen LogP contribution >= 0.6 is 0 Å². The van der Waals surface area contributed by atoms with E-state index < -0.39 is 133 Å². The van der Waals surface area contributed by atoms with Crippen molar-refractivity contribution in [3.8, 4) is 5.75 Å². The lowest BCUT2D eigenvalue weighted by Gasteiger charge is -2.13. The van der Waals surface area contributed by atoms with E-state index >= 15 is 0 Å². The molecule has 2 aromatic rings. The van der Waals surface area contributed by atoms with E-state index in [1.165, 1.54) is 0 Å². The minimum atomic E-state index is -4.28. The van der Waals surface area contributed by atoms with Gasteiger partial charge in [0, 0.05) is 28.5 Å². The van der Waals surface area contributed by atoms with Crippen LogP contribution in [0.4, 0.5) is 0 Å². The molecule has 0 fully saturated rings. The molecule has 1 aliphatic rings. The average Bonchev–Trinajstić information content (AvgIpc) is 3.02. The van der Waals surface area contributed by atoms with Crippen molar-refractivity contribution in [2.24, 2.45) is 0 Å². The number of hydrogen-bond acceptors (Lipinski definition) is 4. The Kier molecular flexibility index (Phi) is 1.38. The fourth-order valence-electron chi connectivity index (χ4n) is 1.89. The molecule has 0 spiro atoms. The van der Waals surface area contributed by atoms with E-state index in [1.54, 1.807) is 0 Å². The summed E-state index contributed by atoms with van der Waals surface area (Å²) < 4.78 is 193. The second kappa shape index (κ2) is 7.53. The molecule has 2 aromatic carbocycles. The zero-order valence-corrected chi connectivity index (χ0v) is 12.2. The fourth-order valence-corrected chi connectivity index (χ4v) is 1.89. The zero-order valence-electron chi connectivity index (χ0n) is 35.2. The maximum absolute atomic E-state index is 12.3. The number of hydrogen-bond donors (Lipinski definition) is 1. The van der Waals surface area contributed by atoms with Gasteiger partial charge in [-0.25, -0.2) is 0 Å². The minimum absolute atomic E-state index is 0.879. The SMILES string of the molecule is [2H]OC(=O)C([2H])([2H])c1c([2H])c([2H])c2c(c1[2H])/C(=C(/[2H])C([2H])([2H])C([2H])([2H])N(C([2H])([2H])[2H])C([2H])([2H])[2H])c1c([2H])c([2H])c([2H])c([2H])c1C([2H])([2H])O2. The monoisotopic (exact) mass is 360 g/mol. The van der Waals surface area contributed by atoms with E-state index in [-0.39, 0.29) is 0 Å². The highest BCUT2D eigenvalue weighted by atomic mass is 16.5. The second-order valence-corrected chi connectivity index (χ2v) is 4.39. The van der Waals surface area contributed by atoms with Crippen molar-refractivity contribution in [2.45, 2.75) is 19.3 Å². The molecule has 4 nitrogen and oxygen atoms in total. The first kappa shape index (κ1) is 4.57.